The minimum Gasteiger partial charge on any atom is -0.452 e. The summed E-state index contributed by atoms with van der Waals surface area (Å²) in [6.07, 6.45) is 0.315. The van der Waals surface area contributed by atoms with Crippen molar-refractivity contribution in [1.82, 2.24) is 4.90 Å². The Morgan fingerprint density at radius 1 is 1.25 bits per heavy atom. The maximum absolute atomic E-state index is 12.5. The Kier molecular flexibility index (Phi) is 6.75. The largest absolute Gasteiger partial charge is 0.452 e. The van der Waals surface area contributed by atoms with Gasteiger partial charge in [-0.05, 0) is 37.6 Å². The van der Waals surface area contributed by atoms with E-state index in [0.717, 1.165) is 24.3 Å². The van der Waals surface area contributed by atoms with Crippen molar-refractivity contribution in [1.29, 1.82) is 0 Å². The molecule has 1 aromatic rings. The third-order valence-electron chi connectivity index (χ3n) is 4.29. The van der Waals surface area contributed by atoms with Crippen LogP contribution in [0.2, 0.25) is 0 Å². The van der Waals surface area contributed by atoms with Crippen molar-refractivity contribution < 1.29 is 39.9 Å². The van der Waals surface area contributed by atoms with Crippen LogP contribution in [0.25, 0.3) is 0 Å². The summed E-state index contributed by atoms with van der Waals surface area (Å²) in [7, 11) is -7.96. The smallest absolute Gasteiger partial charge is 0.341 e. The molecular formula is C16H19F2NO7S2. The number of carbonyl (C=O) groups excluding carboxylic acids is 2. The van der Waals surface area contributed by atoms with Gasteiger partial charge in [0.2, 0.25) is 9.84 Å². The number of rotatable bonds is 7. The molecule has 0 radical (unpaired) electrons. The number of hydrogen-bond acceptors (Lipinski definition) is 7. The molecule has 0 saturated carbocycles. The van der Waals surface area contributed by atoms with Crippen LogP contribution < -0.4 is 0 Å². The molecule has 1 aliphatic rings. The number of likely N-dealkylation sites (N-methyl/N-ethyl adjacent to an activating group) is 1. The van der Waals surface area contributed by atoms with Crippen LogP contribution in [0.3, 0.4) is 0 Å². The second kappa shape index (κ2) is 8.52. The lowest BCUT2D eigenvalue weighted by molar-refractivity contribution is -0.136. The molecule has 28 heavy (non-hydrogen) atoms. The van der Waals surface area contributed by atoms with Gasteiger partial charge in [0.05, 0.1) is 22.0 Å². The van der Waals surface area contributed by atoms with Crippen molar-refractivity contribution in [3.8, 4) is 0 Å². The summed E-state index contributed by atoms with van der Waals surface area (Å²) >= 11 is 0. The number of ether oxygens (including phenoxy) is 1. The van der Waals surface area contributed by atoms with Crippen molar-refractivity contribution in [2.45, 2.75) is 30.0 Å². The highest BCUT2D eigenvalue weighted by molar-refractivity contribution is 7.92. The SMILES string of the molecule is CCN(C(=O)COC(=O)c1ccc(S(=O)(=O)C(F)F)cc1)C1CCS(=O)(=O)C1. The maximum atomic E-state index is 12.5. The summed E-state index contributed by atoms with van der Waals surface area (Å²) in [5, 5.41) is 0. The first kappa shape index (κ1) is 22.2. The van der Waals surface area contributed by atoms with Gasteiger partial charge in [-0.15, -0.1) is 0 Å². The van der Waals surface area contributed by atoms with E-state index in [9.17, 15) is 35.2 Å². The van der Waals surface area contributed by atoms with Gasteiger partial charge in [0.15, 0.2) is 16.4 Å². The van der Waals surface area contributed by atoms with Gasteiger partial charge < -0.3 is 9.64 Å². The predicted molar refractivity (Wildman–Crippen MR) is 94.4 cm³/mol. The number of benzene rings is 1. The number of hydrogen-bond donors (Lipinski definition) is 0. The van der Waals surface area contributed by atoms with E-state index in [1.54, 1.807) is 6.92 Å². The predicted octanol–water partition coefficient (Wildman–Crippen LogP) is 0.875. The van der Waals surface area contributed by atoms with Gasteiger partial charge in [-0.3, -0.25) is 4.79 Å². The molecule has 12 heteroatoms. The first-order chi connectivity index (χ1) is 13.0. The lowest BCUT2D eigenvalue weighted by Gasteiger charge is -2.26. The molecule has 1 aromatic carbocycles. The number of esters is 1. The minimum absolute atomic E-state index is 0.00485. The van der Waals surface area contributed by atoms with Crippen molar-refractivity contribution in [3.05, 3.63) is 29.8 Å². The fourth-order valence-corrected chi connectivity index (χ4v) is 5.29. The first-order valence-electron chi connectivity index (χ1n) is 8.27. The number of nitrogens with zero attached hydrogens (tertiary/aromatic N) is 1. The van der Waals surface area contributed by atoms with Crippen LogP contribution in [0.1, 0.15) is 23.7 Å². The highest BCUT2D eigenvalue weighted by atomic mass is 32.2. The van der Waals surface area contributed by atoms with Crippen LogP contribution >= 0.6 is 0 Å². The molecule has 0 N–H and O–H groups in total. The summed E-state index contributed by atoms with van der Waals surface area (Å²) in [6, 6.07) is 3.23. The molecule has 2 rings (SSSR count). The average Bonchev–Trinajstić information content (AvgIpc) is 2.99. The Hall–Kier alpha value is -2.08. The van der Waals surface area contributed by atoms with E-state index in [2.05, 4.69) is 0 Å². The fourth-order valence-electron chi connectivity index (χ4n) is 2.84. The zero-order valence-electron chi connectivity index (χ0n) is 14.9. The van der Waals surface area contributed by atoms with Crippen LogP contribution in [0, 0.1) is 0 Å². The monoisotopic (exact) mass is 439 g/mol. The van der Waals surface area contributed by atoms with E-state index in [1.165, 1.54) is 4.90 Å². The minimum atomic E-state index is -4.77. The van der Waals surface area contributed by atoms with Crippen molar-refractivity contribution in [3.63, 3.8) is 0 Å². The number of sulfone groups is 2. The van der Waals surface area contributed by atoms with E-state index in [1.807, 2.05) is 0 Å². The molecule has 0 aliphatic carbocycles. The number of halogens is 2. The molecule has 8 nitrogen and oxygen atoms in total. The third-order valence-corrected chi connectivity index (χ3v) is 7.44. The van der Waals surface area contributed by atoms with Gasteiger partial charge in [0.25, 0.3) is 5.91 Å². The summed E-state index contributed by atoms with van der Waals surface area (Å²) in [5.41, 5.74) is -0.118. The third kappa shape index (κ3) is 5.04. The number of amides is 1. The topological polar surface area (TPSA) is 115 Å². The van der Waals surface area contributed by atoms with E-state index < -0.39 is 54.9 Å². The molecule has 156 valence electrons. The highest BCUT2D eigenvalue weighted by Crippen LogP contribution is 2.20. The van der Waals surface area contributed by atoms with Crippen LogP contribution in [0.5, 0.6) is 0 Å². The van der Waals surface area contributed by atoms with Crippen molar-refractivity contribution >= 4 is 31.6 Å². The molecule has 1 aliphatic heterocycles. The molecule has 1 atom stereocenters. The molecule has 1 saturated heterocycles. The Labute approximate surface area is 161 Å². The molecule has 1 amide bonds. The fraction of sp³-hybridized carbons (Fsp3) is 0.500. The van der Waals surface area contributed by atoms with Gasteiger partial charge in [-0.1, -0.05) is 0 Å². The average molecular weight is 439 g/mol. The van der Waals surface area contributed by atoms with Gasteiger partial charge in [-0.2, -0.15) is 8.78 Å². The molecule has 0 aromatic heterocycles. The molecule has 1 fully saturated rings. The van der Waals surface area contributed by atoms with E-state index in [4.69, 9.17) is 4.74 Å². The molecule has 0 bridgehead atoms. The van der Waals surface area contributed by atoms with Crippen molar-refractivity contribution in [2.75, 3.05) is 24.7 Å². The van der Waals surface area contributed by atoms with Gasteiger partial charge in [0, 0.05) is 12.6 Å². The van der Waals surface area contributed by atoms with Gasteiger partial charge >= 0.3 is 11.7 Å². The highest BCUT2D eigenvalue weighted by Gasteiger charge is 2.34. The van der Waals surface area contributed by atoms with E-state index in [0.29, 0.717) is 6.42 Å². The summed E-state index contributed by atoms with van der Waals surface area (Å²) < 4.78 is 75.7. The number of alkyl halides is 2. The summed E-state index contributed by atoms with van der Waals surface area (Å²) in [6.45, 7) is 1.30. The number of carbonyl (C=O) groups is 2. The van der Waals surface area contributed by atoms with Crippen LogP contribution in [-0.2, 0) is 29.2 Å². The Balaban J connectivity index is 1.98. The first-order valence-corrected chi connectivity index (χ1v) is 11.6. The molecular weight excluding hydrogens is 420 g/mol. The maximum Gasteiger partial charge on any atom is 0.341 e. The second-order valence-electron chi connectivity index (χ2n) is 6.14. The van der Waals surface area contributed by atoms with Gasteiger partial charge in [-0.25, -0.2) is 21.6 Å². The lowest BCUT2D eigenvalue weighted by atomic mass is 10.2. The summed E-state index contributed by atoms with van der Waals surface area (Å²) in [4.78, 5) is 24.9. The van der Waals surface area contributed by atoms with Crippen LogP contribution in [-0.4, -0.2) is 70.1 Å². The van der Waals surface area contributed by atoms with Crippen molar-refractivity contribution in [2.24, 2.45) is 0 Å². The molecule has 1 heterocycles. The Morgan fingerprint density at radius 2 is 1.86 bits per heavy atom. The van der Waals surface area contributed by atoms with Crippen LogP contribution in [0.4, 0.5) is 8.78 Å². The van der Waals surface area contributed by atoms with E-state index in [-0.39, 0.29) is 23.6 Å². The molecule has 1 unspecified atom stereocenters. The van der Waals surface area contributed by atoms with E-state index >= 15 is 0 Å². The molecule has 0 spiro atoms. The second-order valence-corrected chi connectivity index (χ2v) is 10.3. The quantitative estimate of drug-likeness (QED) is 0.579. The lowest BCUT2D eigenvalue weighted by Crippen LogP contribution is -2.43. The zero-order valence-corrected chi connectivity index (χ0v) is 16.5. The standard InChI is InChI=1S/C16H19F2NO7S2/c1-2-19(12-7-8-27(22,23)10-12)14(20)9-26-15(21)11-3-5-13(6-4-11)28(24,25)16(17)18/h3-6,12,16H,2,7-10H2,1H3. The van der Waals surface area contributed by atoms with Gasteiger partial charge in [0.1, 0.15) is 0 Å². The Morgan fingerprint density at radius 3 is 2.32 bits per heavy atom. The zero-order chi connectivity index (χ0) is 21.1. The van der Waals surface area contributed by atoms with Crippen LogP contribution in [0.15, 0.2) is 29.2 Å². The summed E-state index contributed by atoms with van der Waals surface area (Å²) in [5.74, 6) is -5.22. The normalized spacial score (nSPS) is 18.8. The Bertz CT molecular complexity index is 944.